The highest BCUT2D eigenvalue weighted by Gasteiger charge is 2.49. The number of nitrogens with one attached hydrogen (secondary N) is 1. The fourth-order valence-electron chi connectivity index (χ4n) is 8.55. The molecule has 3 aromatic rings. The fraction of sp³-hybridized carbons (Fsp3) is 0.491. The number of carbonyl (C=O) groups excluding carboxylic acids is 6. The van der Waals surface area contributed by atoms with Crippen molar-refractivity contribution in [2.24, 2.45) is 0 Å². The molecule has 0 saturated carbocycles. The van der Waals surface area contributed by atoms with Gasteiger partial charge in [-0.2, -0.15) is 42.6 Å². The number of halogens is 3. The predicted molar refractivity (Wildman–Crippen MR) is 294 cm³/mol. The van der Waals surface area contributed by atoms with Crippen molar-refractivity contribution >= 4 is 46.1 Å². The molecule has 4 aliphatic heterocycles. The highest BCUT2D eigenvalue weighted by molar-refractivity contribution is 7.88. The number of hydrogen-bond acceptors (Lipinski definition) is 22. The first-order valence-corrected chi connectivity index (χ1v) is 27.9. The van der Waals surface area contributed by atoms with Crippen molar-refractivity contribution in [3.8, 4) is 30.2 Å². The maximum Gasteiger partial charge on any atom is 0.534 e. The van der Waals surface area contributed by atoms with Gasteiger partial charge in [-0.1, -0.05) is 5.57 Å². The van der Waals surface area contributed by atoms with E-state index in [0.29, 0.717) is 63.2 Å². The molecular formula is C57H64F3N11O14S. The Balaban J connectivity index is 0.000000212. The molecule has 1 aliphatic carbocycles. The summed E-state index contributed by atoms with van der Waals surface area (Å²) in [5, 5.41) is 39.3. The predicted octanol–water partition coefficient (Wildman–Crippen LogP) is 7.24. The van der Waals surface area contributed by atoms with Gasteiger partial charge in [-0.3, -0.25) is 4.79 Å². The zero-order valence-electron chi connectivity index (χ0n) is 49.2. The minimum Gasteiger partial charge on any atom is -0.464 e. The summed E-state index contributed by atoms with van der Waals surface area (Å²) in [5.74, 6) is -2.27. The summed E-state index contributed by atoms with van der Waals surface area (Å²) in [4.78, 5) is 87.8. The van der Waals surface area contributed by atoms with E-state index in [-0.39, 0.29) is 65.2 Å². The van der Waals surface area contributed by atoms with Gasteiger partial charge in [-0.05, 0) is 115 Å². The third-order valence-corrected chi connectivity index (χ3v) is 13.5. The maximum absolute atomic E-state index is 12.5. The average molecular weight is 1220 g/mol. The minimum atomic E-state index is -5.95. The van der Waals surface area contributed by atoms with Crippen molar-refractivity contribution in [3.63, 3.8) is 0 Å². The van der Waals surface area contributed by atoms with Crippen molar-refractivity contribution in [1.29, 1.82) is 21.0 Å². The summed E-state index contributed by atoms with van der Waals surface area (Å²) < 4.78 is 89.0. The molecule has 458 valence electrons. The first-order valence-electron chi connectivity index (χ1n) is 26.5. The monoisotopic (exact) mass is 1220 g/mol. The molecule has 0 unspecified atom stereocenters. The summed E-state index contributed by atoms with van der Waals surface area (Å²) in [6, 6.07) is 11.8. The van der Waals surface area contributed by atoms with E-state index >= 15 is 0 Å². The van der Waals surface area contributed by atoms with Crippen LogP contribution in [0.15, 0.2) is 41.0 Å². The number of aromatic nitrogens is 3. The Morgan fingerprint density at radius 1 is 0.593 bits per heavy atom. The van der Waals surface area contributed by atoms with Gasteiger partial charge < -0.3 is 47.9 Å². The number of methoxy groups -OCH3 is 2. The van der Waals surface area contributed by atoms with Gasteiger partial charge in [0, 0.05) is 76.3 Å². The van der Waals surface area contributed by atoms with Crippen LogP contribution in [0.3, 0.4) is 0 Å². The second-order valence-corrected chi connectivity index (χ2v) is 24.0. The second kappa shape index (κ2) is 27.7. The van der Waals surface area contributed by atoms with Crippen molar-refractivity contribution < 1.29 is 78.2 Å². The zero-order valence-corrected chi connectivity index (χ0v) is 50.0. The van der Waals surface area contributed by atoms with Gasteiger partial charge in [0.1, 0.15) is 46.6 Å². The Kier molecular flexibility index (Phi) is 21.8. The number of carbonyl (C=O) groups is 6. The highest BCUT2D eigenvalue weighted by Crippen LogP contribution is 2.32. The van der Waals surface area contributed by atoms with E-state index in [9.17, 15) is 55.6 Å². The van der Waals surface area contributed by atoms with Crippen molar-refractivity contribution in [2.75, 3.05) is 46.9 Å². The molecule has 1 N–H and O–H groups in total. The molecule has 5 aliphatic rings. The third-order valence-electron chi connectivity index (χ3n) is 12.5. The lowest BCUT2D eigenvalue weighted by molar-refractivity contribution is -0.114. The van der Waals surface area contributed by atoms with Crippen LogP contribution >= 0.6 is 0 Å². The second-order valence-electron chi connectivity index (χ2n) is 22.5. The number of fused-ring (bicyclic) bond motifs is 3. The van der Waals surface area contributed by atoms with Crippen LogP contribution in [0.25, 0.3) is 0 Å². The van der Waals surface area contributed by atoms with Crippen molar-refractivity contribution in [3.05, 3.63) is 103 Å². The molecule has 0 bridgehead atoms. The minimum absolute atomic E-state index is 0.0121. The molecule has 29 heteroatoms. The van der Waals surface area contributed by atoms with E-state index in [2.05, 4.69) is 33.9 Å². The summed E-state index contributed by atoms with van der Waals surface area (Å²) in [6.45, 7) is 19.4. The number of pyridine rings is 3. The number of ether oxygens (including phenoxy) is 5. The number of nitrogens with zero attached hydrogens (tertiary/aromatic N) is 10. The summed E-state index contributed by atoms with van der Waals surface area (Å²) in [5.41, 5.74) is -1.37. The number of allylic oxidation sites excluding steroid dienone is 1. The Morgan fingerprint density at radius 3 is 1.44 bits per heavy atom. The quantitative estimate of drug-likeness (QED) is 0.116. The number of nitriles is 4. The zero-order chi connectivity index (χ0) is 64.3. The number of esters is 2. The normalized spacial score (nSPS) is 15.4. The Bertz CT molecular complexity index is 3540. The number of Topliss-reactive ketones (excluding diaryl/α,β-unsaturated/α-hetero) is 1. The Hall–Kier alpha value is -9.19. The van der Waals surface area contributed by atoms with Crippen LogP contribution in [0.5, 0.6) is 5.88 Å². The van der Waals surface area contributed by atoms with Crippen LogP contribution in [0.4, 0.5) is 27.6 Å². The topological polar surface area (TPSA) is 348 Å². The van der Waals surface area contributed by atoms with Crippen LogP contribution in [-0.4, -0.2) is 143 Å². The van der Waals surface area contributed by atoms with E-state index in [1.54, 1.807) is 75.6 Å². The van der Waals surface area contributed by atoms with E-state index in [1.807, 2.05) is 39.0 Å². The molecule has 0 spiro atoms. The molecule has 25 nitrogen and oxygen atoms in total. The van der Waals surface area contributed by atoms with Gasteiger partial charge in [0.25, 0.3) is 5.88 Å². The van der Waals surface area contributed by atoms with Crippen LogP contribution in [0.1, 0.15) is 147 Å². The molecule has 0 aromatic carbocycles. The Labute approximate surface area is 495 Å². The maximum atomic E-state index is 12.5. The summed E-state index contributed by atoms with van der Waals surface area (Å²) in [6.07, 6.45) is 2.61. The van der Waals surface area contributed by atoms with E-state index in [0.717, 1.165) is 47.0 Å². The summed E-state index contributed by atoms with van der Waals surface area (Å²) in [7, 11) is -3.42. The fourth-order valence-corrected chi connectivity index (χ4v) is 8.98. The largest absolute Gasteiger partial charge is 0.534 e. The smallest absolute Gasteiger partial charge is 0.464 e. The average Bonchev–Trinajstić information content (AvgIpc) is 2.33. The molecular weight excluding hydrogens is 1150 g/mol. The summed E-state index contributed by atoms with van der Waals surface area (Å²) >= 11 is 0. The molecule has 0 radical (unpaired) electrons. The molecule has 7 heterocycles. The first kappa shape index (κ1) is 67.6. The van der Waals surface area contributed by atoms with E-state index < -0.39 is 68.0 Å². The number of alkyl halides is 3. The van der Waals surface area contributed by atoms with Gasteiger partial charge in [0.05, 0.1) is 49.7 Å². The van der Waals surface area contributed by atoms with E-state index in [4.69, 9.17) is 30.0 Å². The van der Waals surface area contributed by atoms with E-state index in [1.165, 1.54) is 19.1 Å². The molecule has 0 saturated heterocycles. The Morgan fingerprint density at radius 2 is 1.01 bits per heavy atom. The molecule has 86 heavy (non-hydrogen) atoms. The first-order chi connectivity index (χ1) is 40.0. The molecule has 3 amide bonds. The number of amides is 3. The molecule has 8 rings (SSSR count). The van der Waals surface area contributed by atoms with Crippen molar-refractivity contribution in [1.82, 2.24) is 35.0 Å². The molecule has 0 atom stereocenters. The van der Waals surface area contributed by atoms with Crippen molar-refractivity contribution in [2.45, 2.75) is 136 Å². The standard InChI is InChI=1S/C16H19N3O4.C15H16F3N3O5S.C15H18N2O3.C11H11N3O2/c1-16(2,3)23-15(21)19-6-5-12-11(9-19)7-10(8-17)13(18-12)14(20)22-4;1-14(2,3)25-13(22)21-5-4-11-10(8-21)6-9(7-19)12(20-11)26-27(23,24)15(16,17)18;1-15(2,3)20-14(19)17-5-4-10-7-13(18)11(8-16)6-12(10)9-17;1-16-11(15)10-7(5-12)4-8-6-13-3-2-9(8)14-10/h7H,5-6,9H2,1-4H3;6H,4-5,8H2,1-3H3;6H,4-5,7,9H2,1-3H3;4,13H,2-3,6H2,1H3. The van der Waals surface area contributed by atoms with Gasteiger partial charge in [-0.25, -0.2) is 38.9 Å². The number of rotatable bonds is 4. The molecule has 0 fully saturated rings. The SMILES string of the molecule is CC(C)(C)OC(=O)N1CCC2=C(C=C(C#N)C(=O)C2)C1.CC(C)(C)OC(=O)N1CCc2nc(OS(=O)(=O)C(F)(F)F)c(C#N)cc2C1.COC(=O)c1nc2c(cc1C#N)CN(C(=O)OC(C)(C)C)CC2.COC(=O)c1nc2c(cc1C#N)CNCC2. The molecule has 3 aromatic heterocycles. The van der Waals surface area contributed by atoms with Crippen LogP contribution in [0, 0.1) is 45.3 Å². The number of ketones is 1. The lowest BCUT2D eigenvalue weighted by Gasteiger charge is -2.33. The lowest BCUT2D eigenvalue weighted by Crippen LogP contribution is -2.41. The van der Waals surface area contributed by atoms with Crippen LogP contribution in [0.2, 0.25) is 0 Å². The highest BCUT2D eigenvalue weighted by atomic mass is 32.2. The number of hydrogen-bond donors (Lipinski definition) is 1. The van der Waals surface area contributed by atoms with Gasteiger partial charge in [0.2, 0.25) is 0 Å². The third kappa shape index (κ3) is 18.2. The van der Waals surface area contributed by atoms with Crippen LogP contribution < -0.4 is 9.50 Å². The lowest BCUT2D eigenvalue weighted by atomic mass is 9.87. The van der Waals surface area contributed by atoms with Gasteiger partial charge >= 0.3 is 45.8 Å². The van der Waals surface area contributed by atoms with Gasteiger partial charge in [0.15, 0.2) is 17.2 Å². The van der Waals surface area contributed by atoms with Crippen LogP contribution in [-0.2, 0) is 77.5 Å². The van der Waals surface area contributed by atoms with Gasteiger partial charge in [-0.15, -0.1) is 0 Å².